The summed E-state index contributed by atoms with van der Waals surface area (Å²) >= 11 is 0. The van der Waals surface area contributed by atoms with Gasteiger partial charge in [-0.15, -0.1) is 24.0 Å². The van der Waals surface area contributed by atoms with Gasteiger partial charge in [0.1, 0.15) is 0 Å². The minimum Gasteiger partial charge on any atom is -0.469 e. The fourth-order valence-electron chi connectivity index (χ4n) is 1.84. The highest BCUT2D eigenvalue weighted by atomic mass is 127. The molecule has 1 rings (SSSR count). The summed E-state index contributed by atoms with van der Waals surface area (Å²) in [6.07, 6.45) is 6.23. The van der Waals surface area contributed by atoms with Crippen LogP contribution in [-0.2, 0) is 16.1 Å². The van der Waals surface area contributed by atoms with E-state index in [1.54, 1.807) is 0 Å². The van der Waals surface area contributed by atoms with Crippen LogP contribution in [0.1, 0.15) is 26.2 Å². The molecule has 0 saturated heterocycles. The molecule has 0 bridgehead atoms. The van der Waals surface area contributed by atoms with Crippen molar-refractivity contribution in [3.05, 3.63) is 24.5 Å². The molecule has 1 heterocycles. The highest BCUT2D eigenvalue weighted by Crippen LogP contribution is 1.97. The zero-order valence-electron chi connectivity index (χ0n) is 13.4. The van der Waals surface area contributed by atoms with E-state index in [1.807, 2.05) is 31.5 Å². The first-order valence-electron chi connectivity index (χ1n) is 7.46. The fraction of sp³-hybridized carbons (Fsp3) is 0.600. The van der Waals surface area contributed by atoms with E-state index in [2.05, 4.69) is 24.9 Å². The molecule has 1 aromatic heterocycles. The number of unbranched alkanes of at least 4 members (excludes halogenated alkanes) is 1. The lowest BCUT2D eigenvalue weighted by molar-refractivity contribution is -0.140. The molecule has 0 fully saturated rings. The lowest BCUT2D eigenvalue weighted by Gasteiger charge is -2.11. The number of hydrogen-bond acceptors (Lipinski definition) is 3. The van der Waals surface area contributed by atoms with Crippen molar-refractivity contribution in [2.75, 3.05) is 26.7 Å². The number of methoxy groups -OCH3 is 1. The number of rotatable bonds is 9. The van der Waals surface area contributed by atoms with E-state index < -0.39 is 0 Å². The van der Waals surface area contributed by atoms with Crippen LogP contribution in [0.4, 0.5) is 0 Å². The van der Waals surface area contributed by atoms with Crippen molar-refractivity contribution >= 4 is 35.9 Å². The second-order valence-corrected chi connectivity index (χ2v) is 4.64. The number of hydrogen-bond donors (Lipinski definition) is 2. The van der Waals surface area contributed by atoms with Gasteiger partial charge in [0.05, 0.1) is 7.11 Å². The van der Waals surface area contributed by atoms with Crippen molar-refractivity contribution in [2.24, 2.45) is 4.99 Å². The van der Waals surface area contributed by atoms with Crippen molar-refractivity contribution in [3.8, 4) is 0 Å². The maximum atomic E-state index is 11.0. The molecule has 7 heteroatoms. The molecule has 0 spiro atoms. The standard InChI is InChI=1S/C15H26N4O2.HI/c1-3-16-15(17-9-5-4-8-14(20)21-2)18-10-13-19-11-6-7-12-19;/h6-7,11-12H,3-5,8-10,13H2,1-2H3,(H2,16,17,18);1H. The summed E-state index contributed by atoms with van der Waals surface area (Å²) in [7, 11) is 1.42. The minimum atomic E-state index is -0.157. The molecule has 0 atom stereocenters. The first-order valence-corrected chi connectivity index (χ1v) is 7.46. The Balaban J connectivity index is 0.00000441. The van der Waals surface area contributed by atoms with Crippen LogP contribution in [0.25, 0.3) is 0 Å². The number of ether oxygens (including phenoxy) is 1. The highest BCUT2D eigenvalue weighted by molar-refractivity contribution is 14.0. The summed E-state index contributed by atoms with van der Waals surface area (Å²) in [4.78, 5) is 15.5. The van der Waals surface area contributed by atoms with Gasteiger partial charge in [0.25, 0.3) is 0 Å². The Morgan fingerprint density at radius 3 is 2.59 bits per heavy atom. The Morgan fingerprint density at radius 2 is 1.95 bits per heavy atom. The van der Waals surface area contributed by atoms with Gasteiger partial charge < -0.3 is 19.9 Å². The van der Waals surface area contributed by atoms with Gasteiger partial charge >= 0.3 is 5.97 Å². The van der Waals surface area contributed by atoms with Crippen LogP contribution < -0.4 is 10.6 Å². The van der Waals surface area contributed by atoms with Gasteiger partial charge in [0.2, 0.25) is 0 Å². The van der Waals surface area contributed by atoms with Crippen LogP contribution in [0.2, 0.25) is 0 Å². The van der Waals surface area contributed by atoms with Gasteiger partial charge in [-0.25, -0.2) is 0 Å². The average molecular weight is 422 g/mol. The summed E-state index contributed by atoms with van der Waals surface area (Å²) < 4.78 is 6.72. The lowest BCUT2D eigenvalue weighted by atomic mass is 10.2. The molecule has 0 amide bonds. The first kappa shape index (κ1) is 20.8. The monoisotopic (exact) mass is 422 g/mol. The van der Waals surface area contributed by atoms with E-state index >= 15 is 0 Å². The molecule has 126 valence electrons. The van der Waals surface area contributed by atoms with E-state index in [1.165, 1.54) is 7.11 Å². The van der Waals surface area contributed by atoms with E-state index in [0.29, 0.717) is 13.0 Å². The number of carbonyl (C=O) groups excluding carboxylic acids is 1. The normalized spacial score (nSPS) is 10.7. The third-order valence-electron chi connectivity index (χ3n) is 2.96. The quantitative estimate of drug-likeness (QED) is 0.210. The summed E-state index contributed by atoms with van der Waals surface area (Å²) in [5.41, 5.74) is 0. The van der Waals surface area contributed by atoms with Gasteiger partial charge in [0.15, 0.2) is 5.96 Å². The first-order chi connectivity index (χ1) is 10.3. The minimum absolute atomic E-state index is 0. The van der Waals surface area contributed by atoms with Crippen molar-refractivity contribution in [1.82, 2.24) is 15.2 Å². The number of carbonyl (C=O) groups is 1. The van der Waals surface area contributed by atoms with Crippen molar-refractivity contribution < 1.29 is 9.53 Å². The topological polar surface area (TPSA) is 67.7 Å². The predicted molar refractivity (Wildman–Crippen MR) is 99.7 cm³/mol. The molecule has 1 aromatic rings. The number of nitrogens with one attached hydrogen (secondary N) is 2. The summed E-state index contributed by atoms with van der Waals surface area (Å²) in [5.74, 6) is 0.665. The third kappa shape index (κ3) is 9.64. The molecule has 6 nitrogen and oxygen atoms in total. The van der Waals surface area contributed by atoms with E-state index in [4.69, 9.17) is 0 Å². The Bertz CT molecular complexity index is 421. The largest absolute Gasteiger partial charge is 0.469 e. The molecule has 0 aliphatic carbocycles. The van der Waals surface area contributed by atoms with Crippen LogP contribution in [0.3, 0.4) is 0 Å². The molecule has 2 N–H and O–H groups in total. The molecular weight excluding hydrogens is 395 g/mol. The fourth-order valence-corrected chi connectivity index (χ4v) is 1.84. The maximum absolute atomic E-state index is 11.0. The van der Waals surface area contributed by atoms with Crippen molar-refractivity contribution in [2.45, 2.75) is 32.7 Å². The Hall–Kier alpha value is -1.25. The number of aromatic nitrogens is 1. The smallest absolute Gasteiger partial charge is 0.305 e. The zero-order chi connectivity index (χ0) is 15.3. The molecule has 0 aromatic carbocycles. The second-order valence-electron chi connectivity index (χ2n) is 4.64. The second kappa shape index (κ2) is 13.4. The molecule has 0 unspecified atom stereocenters. The highest BCUT2D eigenvalue weighted by Gasteiger charge is 2.00. The SMILES string of the molecule is CCNC(=NCCCCC(=O)OC)NCCn1cccc1.I. The van der Waals surface area contributed by atoms with Crippen LogP contribution in [0.5, 0.6) is 0 Å². The predicted octanol–water partition coefficient (Wildman–Crippen LogP) is 2.00. The number of esters is 1. The van der Waals surface area contributed by atoms with E-state index in [0.717, 1.165) is 38.4 Å². The van der Waals surface area contributed by atoms with E-state index in [9.17, 15) is 4.79 Å². The molecule has 0 aliphatic rings. The summed E-state index contributed by atoms with van der Waals surface area (Å²) in [6.45, 7) is 5.30. The molecular formula is C15H27IN4O2. The summed E-state index contributed by atoms with van der Waals surface area (Å²) in [5, 5.41) is 6.51. The maximum Gasteiger partial charge on any atom is 0.305 e. The van der Waals surface area contributed by atoms with Crippen LogP contribution in [-0.4, -0.2) is 43.2 Å². The van der Waals surface area contributed by atoms with E-state index in [-0.39, 0.29) is 29.9 Å². The van der Waals surface area contributed by atoms with Gasteiger partial charge in [0, 0.05) is 45.0 Å². The van der Waals surface area contributed by atoms with Gasteiger partial charge in [-0.2, -0.15) is 0 Å². The number of halogens is 1. The molecule has 0 aliphatic heterocycles. The third-order valence-corrected chi connectivity index (χ3v) is 2.96. The summed E-state index contributed by atoms with van der Waals surface area (Å²) in [6, 6.07) is 4.03. The Labute approximate surface area is 149 Å². The lowest BCUT2D eigenvalue weighted by Crippen LogP contribution is -2.38. The van der Waals surface area contributed by atoms with Crippen molar-refractivity contribution in [1.29, 1.82) is 0 Å². The van der Waals surface area contributed by atoms with Gasteiger partial charge in [-0.05, 0) is 31.9 Å². The van der Waals surface area contributed by atoms with Gasteiger partial charge in [-0.3, -0.25) is 9.79 Å². The van der Waals surface area contributed by atoms with Crippen molar-refractivity contribution in [3.63, 3.8) is 0 Å². The van der Waals surface area contributed by atoms with Crippen LogP contribution in [0.15, 0.2) is 29.5 Å². The number of aliphatic imine (C=N–C) groups is 1. The van der Waals surface area contributed by atoms with Crippen LogP contribution in [0, 0.1) is 0 Å². The van der Waals surface area contributed by atoms with Gasteiger partial charge in [-0.1, -0.05) is 0 Å². The number of guanidine groups is 1. The Morgan fingerprint density at radius 1 is 1.23 bits per heavy atom. The zero-order valence-corrected chi connectivity index (χ0v) is 15.7. The number of nitrogens with zero attached hydrogens (tertiary/aromatic N) is 2. The average Bonchev–Trinajstić information content (AvgIpc) is 2.99. The van der Waals surface area contributed by atoms with Crippen LogP contribution >= 0.6 is 24.0 Å². The molecule has 0 saturated carbocycles. The Kier molecular flexibility index (Phi) is 12.7. The molecule has 22 heavy (non-hydrogen) atoms. The molecule has 0 radical (unpaired) electrons.